The molecule has 4 nitrogen and oxygen atoms in total. The molecule has 0 bridgehead atoms. The fourth-order valence-electron chi connectivity index (χ4n) is 2.62. The van der Waals surface area contributed by atoms with Crippen LogP contribution < -0.4 is 5.32 Å². The van der Waals surface area contributed by atoms with Crippen molar-refractivity contribution in [2.75, 3.05) is 5.32 Å². The van der Waals surface area contributed by atoms with E-state index in [1.165, 1.54) is 18.2 Å². The molecule has 2 N–H and O–H groups in total. The number of carbonyl (C=O) groups is 2. The lowest BCUT2D eigenvalue weighted by molar-refractivity contribution is -0.146. The molecule has 5 heteroatoms. The smallest absolute Gasteiger partial charge is 0.307 e. The van der Waals surface area contributed by atoms with Gasteiger partial charge < -0.3 is 10.4 Å². The molecule has 112 valence electrons. The zero-order valence-corrected chi connectivity index (χ0v) is 12.0. The number of carboxylic acids is 1. The SMILES string of the molecule is CC1=C(C)CC(C(=O)Nc2ccccc2F)C(C(=O)O)C1. The van der Waals surface area contributed by atoms with Gasteiger partial charge in [0.1, 0.15) is 5.82 Å². The number of hydrogen-bond donors (Lipinski definition) is 2. The van der Waals surface area contributed by atoms with E-state index in [1.807, 2.05) is 13.8 Å². The summed E-state index contributed by atoms with van der Waals surface area (Å²) in [5.74, 6) is -3.40. The zero-order valence-electron chi connectivity index (χ0n) is 12.0. The van der Waals surface area contributed by atoms with Gasteiger partial charge in [-0.15, -0.1) is 0 Å². The lowest BCUT2D eigenvalue weighted by Crippen LogP contribution is -2.36. The van der Waals surface area contributed by atoms with E-state index in [-0.39, 0.29) is 5.69 Å². The summed E-state index contributed by atoms with van der Waals surface area (Å²) in [6, 6.07) is 5.85. The van der Waals surface area contributed by atoms with Gasteiger partial charge in [0.25, 0.3) is 0 Å². The van der Waals surface area contributed by atoms with Crippen molar-refractivity contribution in [2.45, 2.75) is 26.7 Å². The van der Waals surface area contributed by atoms with Crippen molar-refractivity contribution in [3.05, 3.63) is 41.2 Å². The Bertz CT molecular complexity index is 609. The normalized spacial score (nSPS) is 22.0. The molecular weight excluding hydrogens is 273 g/mol. The van der Waals surface area contributed by atoms with Crippen LogP contribution in [0.5, 0.6) is 0 Å². The van der Waals surface area contributed by atoms with Crippen molar-refractivity contribution in [3.8, 4) is 0 Å². The maximum absolute atomic E-state index is 13.6. The van der Waals surface area contributed by atoms with E-state index in [0.29, 0.717) is 12.8 Å². The Labute approximate surface area is 122 Å². The standard InChI is InChI=1S/C16H18FNO3/c1-9-7-11(12(16(20)21)8-10(9)2)15(19)18-14-6-4-3-5-13(14)17/h3-6,11-12H,7-8H2,1-2H3,(H,18,19)(H,20,21). The third-order valence-electron chi connectivity index (χ3n) is 4.05. The molecule has 0 saturated carbocycles. The van der Waals surface area contributed by atoms with Crippen LogP contribution in [0.3, 0.4) is 0 Å². The summed E-state index contributed by atoms with van der Waals surface area (Å²) in [7, 11) is 0. The van der Waals surface area contributed by atoms with Crippen molar-refractivity contribution in [2.24, 2.45) is 11.8 Å². The summed E-state index contributed by atoms with van der Waals surface area (Å²) in [6.07, 6.45) is 0.750. The van der Waals surface area contributed by atoms with Crippen LogP contribution in [0, 0.1) is 17.7 Å². The zero-order chi connectivity index (χ0) is 15.6. The van der Waals surface area contributed by atoms with Gasteiger partial charge in [-0.3, -0.25) is 9.59 Å². The molecule has 2 rings (SSSR count). The van der Waals surface area contributed by atoms with E-state index >= 15 is 0 Å². The van der Waals surface area contributed by atoms with Gasteiger partial charge in [-0.05, 0) is 38.8 Å². The number of anilines is 1. The van der Waals surface area contributed by atoms with Crippen LogP contribution in [0.2, 0.25) is 0 Å². The molecule has 0 radical (unpaired) electrons. The second-order valence-electron chi connectivity index (χ2n) is 5.49. The highest BCUT2D eigenvalue weighted by atomic mass is 19.1. The number of nitrogens with one attached hydrogen (secondary N) is 1. The molecule has 1 aromatic rings. The van der Waals surface area contributed by atoms with E-state index in [1.54, 1.807) is 6.07 Å². The van der Waals surface area contributed by atoms with Gasteiger partial charge >= 0.3 is 5.97 Å². The first kappa shape index (κ1) is 15.2. The van der Waals surface area contributed by atoms with Crippen LogP contribution in [0.1, 0.15) is 26.7 Å². The molecule has 0 aliphatic heterocycles. The number of allylic oxidation sites excluding steroid dienone is 2. The van der Waals surface area contributed by atoms with Crippen molar-refractivity contribution in [3.63, 3.8) is 0 Å². The summed E-state index contributed by atoms with van der Waals surface area (Å²) >= 11 is 0. The maximum atomic E-state index is 13.6. The number of halogens is 1. The first-order valence-corrected chi connectivity index (χ1v) is 6.83. The topological polar surface area (TPSA) is 66.4 Å². The average Bonchev–Trinajstić information content (AvgIpc) is 2.43. The number of benzene rings is 1. The molecule has 0 saturated heterocycles. The van der Waals surface area contributed by atoms with E-state index in [9.17, 15) is 19.1 Å². The second kappa shape index (κ2) is 6.08. The third kappa shape index (κ3) is 3.29. The Morgan fingerprint density at radius 3 is 2.29 bits per heavy atom. The predicted molar refractivity (Wildman–Crippen MR) is 77.3 cm³/mol. The summed E-state index contributed by atoms with van der Waals surface area (Å²) in [5.41, 5.74) is 2.12. The first-order valence-electron chi connectivity index (χ1n) is 6.83. The van der Waals surface area contributed by atoms with E-state index in [2.05, 4.69) is 5.32 Å². The maximum Gasteiger partial charge on any atom is 0.307 e. The Morgan fingerprint density at radius 2 is 1.71 bits per heavy atom. The Balaban J connectivity index is 2.21. The highest BCUT2D eigenvalue weighted by molar-refractivity contribution is 5.95. The first-order chi connectivity index (χ1) is 9.90. The molecule has 0 spiro atoms. The second-order valence-corrected chi connectivity index (χ2v) is 5.49. The summed E-state index contributed by atoms with van der Waals surface area (Å²) in [6.45, 7) is 3.78. The van der Waals surface area contributed by atoms with Gasteiger partial charge in [-0.2, -0.15) is 0 Å². The highest BCUT2D eigenvalue weighted by Crippen LogP contribution is 2.35. The Kier molecular flexibility index (Phi) is 4.40. The molecule has 21 heavy (non-hydrogen) atoms. The Morgan fingerprint density at radius 1 is 1.14 bits per heavy atom. The number of carbonyl (C=O) groups excluding carboxylic acids is 1. The molecule has 0 heterocycles. The monoisotopic (exact) mass is 291 g/mol. The van der Waals surface area contributed by atoms with Crippen molar-refractivity contribution in [1.29, 1.82) is 0 Å². The lowest BCUT2D eigenvalue weighted by Gasteiger charge is -2.29. The summed E-state index contributed by atoms with van der Waals surface area (Å²) in [5, 5.41) is 11.8. The minimum atomic E-state index is -0.990. The fraction of sp³-hybridized carbons (Fsp3) is 0.375. The van der Waals surface area contributed by atoms with Gasteiger partial charge in [0.15, 0.2) is 0 Å². The van der Waals surface area contributed by atoms with E-state index < -0.39 is 29.5 Å². The van der Waals surface area contributed by atoms with Crippen LogP contribution in [0.25, 0.3) is 0 Å². The van der Waals surface area contributed by atoms with E-state index in [4.69, 9.17) is 0 Å². The van der Waals surface area contributed by atoms with Crippen molar-refractivity contribution >= 4 is 17.6 Å². The number of rotatable bonds is 3. The molecule has 1 aliphatic carbocycles. The van der Waals surface area contributed by atoms with Crippen LogP contribution in [0.4, 0.5) is 10.1 Å². The Hall–Kier alpha value is -2.17. The molecule has 0 aromatic heterocycles. The molecular formula is C16H18FNO3. The summed E-state index contributed by atoms with van der Waals surface area (Å²) in [4.78, 5) is 23.7. The number of carboxylic acid groups (broad SMARTS) is 1. The molecule has 1 aromatic carbocycles. The van der Waals surface area contributed by atoms with Gasteiger partial charge in [0.05, 0.1) is 17.5 Å². The fourth-order valence-corrected chi connectivity index (χ4v) is 2.62. The van der Waals surface area contributed by atoms with Crippen LogP contribution >= 0.6 is 0 Å². The van der Waals surface area contributed by atoms with Crippen molar-refractivity contribution < 1.29 is 19.1 Å². The number of para-hydroxylation sites is 1. The summed E-state index contributed by atoms with van der Waals surface area (Å²) < 4.78 is 13.6. The molecule has 1 amide bonds. The predicted octanol–water partition coefficient (Wildman–Crippen LogP) is 3.21. The number of hydrogen-bond acceptors (Lipinski definition) is 2. The van der Waals surface area contributed by atoms with Crippen LogP contribution in [-0.4, -0.2) is 17.0 Å². The largest absolute Gasteiger partial charge is 0.481 e. The molecule has 1 aliphatic rings. The van der Waals surface area contributed by atoms with Gasteiger partial charge in [0, 0.05) is 0 Å². The third-order valence-corrected chi connectivity index (χ3v) is 4.05. The average molecular weight is 291 g/mol. The van der Waals surface area contributed by atoms with E-state index in [0.717, 1.165) is 11.1 Å². The molecule has 2 atom stereocenters. The molecule has 2 unspecified atom stereocenters. The van der Waals surface area contributed by atoms with Gasteiger partial charge in [0.2, 0.25) is 5.91 Å². The van der Waals surface area contributed by atoms with Crippen molar-refractivity contribution in [1.82, 2.24) is 0 Å². The number of amides is 1. The van der Waals surface area contributed by atoms with Gasteiger partial charge in [-0.25, -0.2) is 4.39 Å². The highest BCUT2D eigenvalue weighted by Gasteiger charge is 2.37. The number of aliphatic carboxylic acids is 1. The minimum Gasteiger partial charge on any atom is -0.481 e. The lowest BCUT2D eigenvalue weighted by atomic mass is 9.76. The van der Waals surface area contributed by atoms with Gasteiger partial charge in [-0.1, -0.05) is 23.3 Å². The minimum absolute atomic E-state index is 0.0792. The molecule has 0 fully saturated rings. The quantitative estimate of drug-likeness (QED) is 0.840. The van der Waals surface area contributed by atoms with Crippen LogP contribution in [0.15, 0.2) is 35.4 Å². The van der Waals surface area contributed by atoms with Crippen LogP contribution in [-0.2, 0) is 9.59 Å².